The molecule has 0 saturated carbocycles. The van der Waals surface area contributed by atoms with Crippen LogP contribution in [0.25, 0.3) is 11.1 Å². The van der Waals surface area contributed by atoms with E-state index in [4.69, 9.17) is 0 Å². The van der Waals surface area contributed by atoms with Gasteiger partial charge >= 0.3 is 0 Å². The number of anilines is 9. The molecule has 0 amide bonds. The quantitative estimate of drug-likeness (QED) is 0.159. The molecule has 3 nitrogen and oxygen atoms in total. The van der Waals surface area contributed by atoms with Crippen molar-refractivity contribution in [1.82, 2.24) is 0 Å². The van der Waals surface area contributed by atoms with Gasteiger partial charge in [0.25, 0.3) is 6.71 Å². The molecule has 0 atom stereocenters. The van der Waals surface area contributed by atoms with Crippen LogP contribution in [-0.2, 0) is 43.3 Å². The van der Waals surface area contributed by atoms with Crippen LogP contribution in [-0.4, -0.2) is 6.71 Å². The maximum Gasteiger partial charge on any atom is 0.252 e. The fourth-order valence-corrected chi connectivity index (χ4v) is 16.4. The number of aryl methyl sites for hydroxylation is 2. The SMILES string of the molecule is [2H]C([2H])([2H])c1cc2c3c(c1)N(c1cc4c(cc1C)C(C)(C)CCC4(C)C)c1cc4c(cc1B3c1ccc(N(c3ccc(C(C)(C)C)cc3)c3ccc(C(C)(C)C)cc3)cc1N2c1cc2c(c(C(C)(C)C)c1)C(C)(C)c1ccccc1-2)C(C)(C)CC4(C)C. The minimum atomic E-state index is -2.44. The van der Waals surface area contributed by atoms with E-state index < -0.39 is 6.85 Å². The van der Waals surface area contributed by atoms with Crippen LogP contribution in [0.2, 0.25) is 0 Å². The van der Waals surface area contributed by atoms with Crippen molar-refractivity contribution in [2.75, 3.05) is 14.7 Å². The van der Waals surface area contributed by atoms with Crippen molar-refractivity contribution in [3.8, 4) is 11.1 Å². The maximum absolute atomic E-state index is 9.54. The topological polar surface area (TPSA) is 9.72 Å². The maximum atomic E-state index is 9.54. The van der Waals surface area contributed by atoms with Gasteiger partial charge in [0.05, 0.1) is 0 Å². The standard InChI is InChI=1S/C80H92BN3/c1-48-38-69-72-70(39-48)84(66-45-61-59(40-49(66)2)76(12,13)36-37-77(61,14)15)68-46-62-60(78(16,17)47-79(62,18)19)44-65(68)81(72)64-35-34-54(82(52-30-26-50(27-31-52)73(3,4)5)53-32-28-51(29-33-53)74(6,7)8)43-67(64)83(69)55-41-57-56-24-22-23-25-58(56)80(20,21)71(57)63(42-55)75(9,10)11/h22-35,38-46H,36-37,47H2,1-21H3/i1D3. The Labute approximate surface area is 510 Å². The monoisotopic (exact) mass is 1110 g/mol. The van der Waals surface area contributed by atoms with E-state index in [2.05, 4.69) is 293 Å². The number of fused-ring (bicyclic) bond motifs is 9. The van der Waals surface area contributed by atoms with E-state index in [1.165, 1.54) is 77.7 Å². The fraction of sp³-hybridized carbons (Fsp3) is 0.400. The average Bonchev–Trinajstić information content (AvgIpc) is 1.56. The Morgan fingerprint density at radius 2 is 0.964 bits per heavy atom. The lowest BCUT2D eigenvalue weighted by Gasteiger charge is -2.47. The molecule has 2 heterocycles. The second-order valence-corrected chi connectivity index (χ2v) is 32.4. The van der Waals surface area contributed by atoms with Crippen LogP contribution in [0.4, 0.5) is 51.2 Å². The molecule has 8 aromatic carbocycles. The number of hydrogen-bond donors (Lipinski definition) is 0. The molecule has 8 aromatic rings. The molecule has 0 unspecified atom stereocenters. The van der Waals surface area contributed by atoms with E-state index in [0.29, 0.717) is 5.56 Å². The van der Waals surface area contributed by atoms with Gasteiger partial charge in [0.15, 0.2) is 0 Å². The molecule has 0 fully saturated rings. The summed E-state index contributed by atoms with van der Waals surface area (Å²) in [6.07, 6.45) is 3.23. The first kappa shape index (κ1) is 52.8. The van der Waals surface area contributed by atoms with Gasteiger partial charge in [-0.1, -0.05) is 198 Å². The third-order valence-electron chi connectivity index (χ3n) is 20.9. The van der Waals surface area contributed by atoms with Gasteiger partial charge in [-0.3, -0.25) is 0 Å². The number of rotatable bonds is 5. The van der Waals surface area contributed by atoms with E-state index in [9.17, 15) is 4.11 Å². The highest BCUT2D eigenvalue weighted by molar-refractivity contribution is 7.00. The van der Waals surface area contributed by atoms with Crippen molar-refractivity contribution in [2.45, 2.75) is 208 Å². The van der Waals surface area contributed by atoms with Crippen molar-refractivity contribution in [2.24, 2.45) is 0 Å². The highest BCUT2D eigenvalue weighted by Gasteiger charge is 2.50. The van der Waals surface area contributed by atoms with Gasteiger partial charge in [-0.2, -0.15) is 0 Å². The average molecular weight is 1110 g/mol. The van der Waals surface area contributed by atoms with Crippen molar-refractivity contribution in [3.63, 3.8) is 0 Å². The Kier molecular flexibility index (Phi) is 11.4. The second kappa shape index (κ2) is 18.1. The number of nitrogens with zero attached hydrogens (tertiary/aromatic N) is 3. The first-order valence-corrected chi connectivity index (χ1v) is 31.4. The lowest BCUT2D eigenvalue weighted by Crippen LogP contribution is -2.61. The molecule has 430 valence electrons. The van der Waals surface area contributed by atoms with Gasteiger partial charge in [0, 0.05) is 60.7 Å². The van der Waals surface area contributed by atoms with Gasteiger partial charge < -0.3 is 14.7 Å². The van der Waals surface area contributed by atoms with E-state index in [1.54, 1.807) is 0 Å². The predicted octanol–water partition coefficient (Wildman–Crippen LogP) is 20.4. The molecule has 0 saturated heterocycles. The first-order chi connectivity index (χ1) is 40.3. The third-order valence-corrected chi connectivity index (χ3v) is 20.9. The smallest absolute Gasteiger partial charge is 0.252 e. The fourth-order valence-electron chi connectivity index (χ4n) is 16.4. The van der Waals surface area contributed by atoms with Gasteiger partial charge in [0.1, 0.15) is 0 Å². The van der Waals surface area contributed by atoms with Gasteiger partial charge in [0.2, 0.25) is 0 Å². The molecular formula is C80H92BN3. The normalized spacial score (nSPS) is 18.8. The largest absolute Gasteiger partial charge is 0.311 e. The number of benzene rings is 8. The highest BCUT2D eigenvalue weighted by Crippen LogP contribution is 2.58. The van der Waals surface area contributed by atoms with E-state index in [-0.39, 0.29) is 50.0 Å². The molecule has 0 bridgehead atoms. The Hall–Kier alpha value is -6.78. The van der Waals surface area contributed by atoms with E-state index in [1.807, 2.05) is 0 Å². The summed E-state index contributed by atoms with van der Waals surface area (Å²) in [5, 5.41) is 0. The minimum absolute atomic E-state index is 0.0116. The molecule has 0 radical (unpaired) electrons. The molecule has 0 N–H and O–H groups in total. The summed E-state index contributed by atoms with van der Waals surface area (Å²) >= 11 is 0. The minimum Gasteiger partial charge on any atom is -0.311 e. The lowest BCUT2D eigenvalue weighted by molar-refractivity contribution is 0.332. The van der Waals surface area contributed by atoms with Crippen molar-refractivity contribution >= 4 is 74.3 Å². The summed E-state index contributed by atoms with van der Waals surface area (Å²) in [6, 6.07) is 53.7. The highest BCUT2D eigenvalue weighted by atomic mass is 15.2. The predicted molar refractivity (Wildman–Crippen MR) is 364 cm³/mol. The Morgan fingerprint density at radius 1 is 0.452 bits per heavy atom. The van der Waals surface area contributed by atoms with Crippen LogP contribution in [0.5, 0.6) is 0 Å². The zero-order chi connectivity index (χ0) is 62.6. The van der Waals surface area contributed by atoms with Gasteiger partial charge in [-0.25, -0.2) is 0 Å². The summed E-state index contributed by atoms with van der Waals surface area (Å²) in [6.45, 7) is 44.5. The Morgan fingerprint density at radius 3 is 1.54 bits per heavy atom. The first-order valence-electron chi connectivity index (χ1n) is 32.9. The van der Waals surface area contributed by atoms with Crippen LogP contribution in [0.15, 0.2) is 140 Å². The molecule has 3 aliphatic carbocycles. The molecular weight excluding hydrogens is 1010 g/mol. The third kappa shape index (κ3) is 8.55. The van der Waals surface area contributed by atoms with Gasteiger partial charge in [-0.15, -0.1) is 0 Å². The number of hydrogen-bond acceptors (Lipinski definition) is 3. The van der Waals surface area contributed by atoms with Crippen LogP contribution in [0.3, 0.4) is 0 Å². The van der Waals surface area contributed by atoms with Crippen molar-refractivity contribution < 1.29 is 4.11 Å². The summed E-state index contributed by atoms with van der Waals surface area (Å²) in [5.41, 5.74) is 28.2. The summed E-state index contributed by atoms with van der Waals surface area (Å²) < 4.78 is 28.6. The zero-order valence-corrected chi connectivity index (χ0v) is 54.3. The second-order valence-electron chi connectivity index (χ2n) is 32.4. The lowest BCUT2D eigenvalue weighted by atomic mass is 9.33. The van der Waals surface area contributed by atoms with Crippen LogP contribution in [0.1, 0.15) is 216 Å². The summed E-state index contributed by atoms with van der Waals surface area (Å²) in [4.78, 5) is 7.44. The van der Waals surface area contributed by atoms with E-state index >= 15 is 0 Å². The van der Waals surface area contributed by atoms with Crippen LogP contribution < -0.4 is 31.1 Å². The molecule has 5 aliphatic rings. The van der Waals surface area contributed by atoms with Crippen LogP contribution >= 0.6 is 0 Å². The molecule has 84 heavy (non-hydrogen) atoms. The summed E-state index contributed by atoms with van der Waals surface area (Å²) in [5.74, 6) is 0. The zero-order valence-electron chi connectivity index (χ0n) is 57.3. The van der Waals surface area contributed by atoms with E-state index in [0.717, 1.165) is 75.9 Å². The van der Waals surface area contributed by atoms with Crippen molar-refractivity contribution in [1.29, 1.82) is 0 Å². The molecule has 0 aromatic heterocycles. The molecule has 2 aliphatic heterocycles. The Balaban J connectivity index is 1.17. The molecule has 13 rings (SSSR count). The van der Waals surface area contributed by atoms with Gasteiger partial charge in [-0.05, 0) is 232 Å². The van der Waals surface area contributed by atoms with Crippen molar-refractivity contribution in [3.05, 3.63) is 201 Å². The molecule has 0 spiro atoms. The Bertz CT molecular complexity index is 4110. The van der Waals surface area contributed by atoms with Crippen LogP contribution in [0, 0.1) is 13.8 Å². The summed E-state index contributed by atoms with van der Waals surface area (Å²) in [7, 11) is 0. The molecule has 4 heteroatoms.